The monoisotopic (exact) mass is 196 g/mol. The zero-order valence-electron chi connectivity index (χ0n) is 7.36. The van der Waals surface area contributed by atoms with E-state index in [1.165, 1.54) is 11.1 Å². The van der Waals surface area contributed by atoms with Gasteiger partial charge in [0.05, 0.1) is 6.10 Å². The smallest absolute Gasteiger partial charge is 0.0735 e. The minimum Gasteiger partial charge on any atom is -0.389 e. The van der Waals surface area contributed by atoms with Crippen LogP contribution < -0.4 is 0 Å². The first-order chi connectivity index (χ1) is 6.33. The highest BCUT2D eigenvalue weighted by atomic mass is 35.5. The maximum atomic E-state index is 9.34. The van der Waals surface area contributed by atoms with E-state index < -0.39 is 6.10 Å². The van der Waals surface area contributed by atoms with Gasteiger partial charge in [-0.3, -0.25) is 0 Å². The van der Waals surface area contributed by atoms with Crippen LogP contribution in [0.3, 0.4) is 0 Å². The molecule has 2 heteroatoms. The molecule has 13 heavy (non-hydrogen) atoms. The Balaban J connectivity index is 2.35. The standard InChI is InChI=1S/C11H13ClO/c12-9-8-11(13)7-6-10-4-2-1-3-5-10/h1-5,8-9,11,13H,6-7H2/b9-8-. The van der Waals surface area contributed by atoms with Crippen LogP contribution in [0.2, 0.25) is 0 Å². The van der Waals surface area contributed by atoms with Crippen molar-refractivity contribution in [2.75, 3.05) is 0 Å². The molecule has 1 unspecified atom stereocenters. The first kappa shape index (κ1) is 10.3. The van der Waals surface area contributed by atoms with Crippen molar-refractivity contribution in [2.45, 2.75) is 18.9 Å². The van der Waals surface area contributed by atoms with Crippen molar-refractivity contribution in [1.82, 2.24) is 0 Å². The van der Waals surface area contributed by atoms with Crippen molar-refractivity contribution < 1.29 is 5.11 Å². The van der Waals surface area contributed by atoms with Crippen molar-refractivity contribution in [1.29, 1.82) is 0 Å². The number of aliphatic hydroxyl groups excluding tert-OH is 1. The predicted molar refractivity (Wildman–Crippen MR) is 55.8 cm³/mol. The molecule has 0 aliphatic heterocycles. The Morgan fingerprint density at radius 3 is 2.62 bits per heavy atom. The Morgan fingerprint density at radius 2 is 2.00 bits per heavy atom. The second-order valence-electron chi connectivity index (χ2n) is 2.91. The van der Waals surface area contributed by atoms with E-state index in [2.05, 4.69) is 12.1 Å². The average molecular weight is 197 g/mol. The lowest BCUT2D eigenvalue weighted by Gasteiger charge is -2.04. The minimum atomic E-state index is -0.433. The summed E-state index contributed by atoms with van der Waals surface area (Å²) < 4.78 is 0. The third-order valence-corrected chi connectivity index (χ3v) is 2.01. The van der Waals surface area contributed by atoms with Crippen LogP contribution in [0.15, 0.2) is 41.9 Å². The predicted octanol–water partition coefficient (Wildman–Crippen LogP) is 2.73. The third-order valence-electron chi connectivity index (χ3n) is 1.87. The van der Waals surface area contributed by atoms with Crippen molar-refractivity contribution in [3.8, 4) is 0 Å². The van der Waals surface area contributed by atoms with Gasteiger partial charge < -0.3 is 5.11 Å². The Labute approximate surface area is 83.7 Å². The van der Waals surface area contributed by atoms with Gasteiger partial charge in [0, 0.05) is 5.54 Å². The first-order valence-corrected chi connectivity index (χ1v) is 4.75. The molecule has 70 valence electrons. The van der Waals surface area contributed by atoms with Crippen LogP contribution in [0, 0.1) is 0 Å². The lowest BCUT2D eigenvalue weighted by Crippen LogP contribution is -2.03. The Bertz CT molecular complexity index is 256. The molecule has 0 aliphatic rings. The summed E-state index contributed by atoms with van der Waals surface area (Å²) in [5, 5.41) is 9.34. The van der Waals surface area contributed by atoms with Crippen LogP contribution in [-0.2, 0) is 6.42 Å². The van der Waals surface area contributed by atoms with Gasteiger partial charge in [-0.2, -0.15) is 0 Å². The molecule has 1 rings (SSSR count). The molecule has 0 fully saturated rings. The molecule has 1 N–H and O–H groups in total. The Morgan fingerprint density at radius 1 is 1.31 bits per heavy atom. The molecular formula is C11H13ClO. The Hall–Kier alpha value is -0.790. The highest BCUT2D eigenvalue weighted by Gasteiger charge is 1.98. The van der Waals surface area contributed by atoms with Crippen LogP contribution in [-0.4, -0.2) is 11.2 Å². The molecule has 0 saturated carbocycles. The van der Waals surface area contributed by atoms with E-state index in [9.17, 15) is 5.11 Å². The van der Waals surface area contributed by atoms with Crippen LogP contribution in [0.25, 0.3) is 0 Å². The van der Waals surface area contributed by atoms with Gasteiger partial charge in [0.1, 0.15) is 0 Å². The fraction of sp³-hybridized carbons (Fsp3) is 0.273. The molecular weight excluding hydrogens is 184 g/mol. The van der Waals surface area contributed by atoms with Gasteiger partial charge in [-0.05, 0) is 24.5 Å². The van der Waals surface area contributed by atoms with Crippen molar-refractivity contribution in [2.24, 2.45) is 0 Å². The quantitative estimate of drug-likeness (QED) is 0.785. The number of benzene rings is 1. The summed E-state index contributed by atoms with van der Waals surface area (Å²) in [5.41, 5.74) is 2.60. The second kappa shape index (κ2) is 5.79. The van der Waals surface area contributed by atoms with Crippen molar-refractivity contribution in [3.05, 3.63) is 47.5 Å². The molecule has 1 atom stereocenters. The van der Waals surface area contributed by atoms with E-state index >= 15 is 0 Å². The zero-order chi connectivity index (χ0) is 9.52. The summed E-state index contributed by atoms with van der Waals surface area (Å²) >= 11 is 5.34. The van der Waals surface area contributed by atoms with Gasteiger partial charge in [0.15, 0.2) is 0 Å². The van der Waals surface area contributed by atoms with Gasteiger partial charge in [0.2, 0.25) is 0 Å². The minimum absolute atomic E-state index is 0.433. The summed E-state index contributed by atoms with van der Waals surface area (Å²) in [6, 6.07) is 10.1. The zero-order valence-corrected chi connectivity index (χ0v) is 8.11. The van der Waals surface area contributed by atoms with E-state index in [-0.39, 0.29) is 0 Å². The van der Waals surface area contributed by atoms with Crippen LogP contribution in [0.5, 0.6) is 0 Å². The summed E-state index contributed by atoms with van der Waals surface area (Å²) in [5.74, 6) is 0. The van der Waals surface area contributed by atoms with E-state index in [1.807, 2.05) is 18.2 Å². The summed E-state index contributed by atoms with van der Waals surface area (Å²) in [6.45, 7) is 0. The molecule has 0 heterocycles. The van der Waals surface area contributed by atoms with Gasteiger partial charge in [0.25, 0.3) is 0 Å². The summed E-state index contributed by atoms with van der Waals surface area (Å²) in [6.07, 6.45) is 2.75. The number of aliphatic hydroxyl groups is 1. The Kier molecular flexibility index (Phi) is 4.58. The van der Waals surface area contributed by atoms with Crippen LogP contribution >= 0.6 is 11.6 Å². The summed E-state index contributed by atoms with van der Waals surface area (Å²) in [7, 11) is 0. The molecule has 1 aromatic rings. The SMILES string of the molecule is OC(/C=C\Cl)CCc1ccccc1. The van der Waals surface area contributed by atoms with E-state index in [4.69, 9.17) is 11.6 Å². The third kappa shape index (κ3) is 4.11. The van der Waals surface area contributed by atoms with Gasteiger partial charge in [-0.1, -0.05) is 41.9 Å². The van der Waals surface area contributed by atoms with Gasteiger partial charge in [-0.25, -0.2) is 0 Å². The summed E-state index contributed by atoms with van der Waals surface area (Å²) in [4.78, 5) is 0. The first-order valence-electron chi connectivity index (χ1n) is 4.32. The largest absolute Gasteiger partial charge is 0.389 e. The molecule has 1 aromatic carbocycles. The molecule has 0 aromatic heterocycles. The molecule has 1 nitrogen and oxygen atoms in total. The molecule has 0 amide bonds. The van der Waals surface area contributed by atoms with E-state index in [1.54, 1.807) is 6.08 Å². The average Bonchev–Trinajstić information content (AvgIpc) is 2.17. The molecule has 0 saturated heterocycles. The highest BCUT2D eigenvalue weighted by Crippen LogP contribution is 2.05. The van der Waals surface area contributed by atoms with Gasteiger partial charge >= 0.3 is 0 Å². The number of halogens is 1. The lowest BCUT2D eigenvalue weighted by molar-refractivity contribution is 0.213. The van der Waals surface area contributed by atoms with Crippen molar-refractivity contribution >= 4 is 11.6 Å². The van der Waals surface area contributed by atoms with E-state index in [0.717, 1.165) is 6.42 Å². The second-order valence-corrected chi connectivity index (χ2v) is 3.16. The maximum absolute atomic E-state index is 9.34. The molecule has 0 aliphatic carbocycles. The van der Waals surface area contributed by atoms with Crippen molar-refractivity contribution in [3.63, 3.8) is 0 Å². The molecule has 0 spiro atoms. The number of hydrogen-bond donors (Lipinski definition) is 1. The topological polar surface area (TPSA) is 20.2 Å². The normalized spacial score (nSPS) is 13.4. The molecule has 0 bridgehead atoms. The van der Waals surface area contributed by atoms with Crippen LogP contribution in [0.1, 0.15) is 12.0 Å². The molecule has 0 radical (unpaired) electrons. The van der Waals surface area contributed by atoms with Crippen LogP contribution in [0.4, 0.5) is 0 Å². The fourth-order valence-corrected chi connectivity index (χ4v) is 1.31. The number of aryl methyl sites for hydroxylation is 1. The van der Waals surface area contributed by atoms with E-state index in [0.29, 0.717) is 6.42 Å². The number of hydrogen-bond acceptors (Lipinski definition) is 1. The number of rotatable bonds is 4. The van der Waals surface area contributed by atoms with Gasteiger partial charge in [-0.15, -0.1) is 0 Å². The maximum Gasteiger partial charge on any atom is 0.0735 e. The highest BCUT2D eigenvalue weighted by molar-refractivity contribution is 6.25. The lowest BCUT2D eigenvalue weighted by atomic mass is 10.1. The fourth-order valence-electron chi connectivity index (χ4n) is 1.14.